The minimum Gasteiger partial charge on any atom is -0.396 e. The van der Waals surface area contributed by atoms with Gasteiger partial charge < -0.3 is 15.1 Å². The van der Waals surface area contributed by atoms with Crippen molar-refractivity contribution in [2.24, 2.45) is 11.8 Å². The molecule has 0 aliphatic carbocycles. The van der Waals surface area contributed by atoms with Gasteiger partial charge in [-0.1, -0.05) is 12.1 Å². The molecule has 0 radical (unpaired) electrons. The summed E-state index contributed by atoms with van der Waals surface area (Å²) >= 11 is 0. The van der Waals surface area contributed by atoms with Gasteiger partial charge in [-0.15, -0.1) is 0 Å². The van der Waals surface area contributed by atoms with E-state index in [1.807, 2.05) is 19.2 Å². The van der Waals surface area contributed by atoms with E-state index in [2.05, 4.69) is 9.80 Å². The van der Waals surface area contributed by atoms with Gasteiger partial charge in [0.1, 0.15) is 5.82 Å². The van der Waals surface area contributed by atoms with Gasteiger partial charge in [-0.25, -0.2) is 4.39 Å². The third-order valence-corrected chi connectivity index (χ3v) is 4.23. The standard InChI is InChI=1S/C16H25FN2O2/c1-18(6-7-20)9-14-10-19(11-15(14)12-21)8-13-2-4-16(17)5-3-13/h2-5,14-15,20-21H,6-12H2,1H3/t14-,15-/m1/s1. The van der Waals surface area contributed by atoms with Crippen LogP contribution in [0, 0.1) is 17.7 Å². The summed E-state index contributed by atoms with van der Waals surface area (Å²) in [6, 6.07) is 6.60. The van der Waals surface area contributed by atoms with E-state index >= 15 is 0 Å². The Labute approximate surface area is 125 Å². The molecule has 1 aromatic rings. The maximum atomic E-state index is 12.9. The van der Waals surface area contributed by atoms with E-state index in [1.54, 1.807) is 0 Å². The molecule has 1 saturated heterocycles. The molecule has 21 heavy (non-hydrogen) atoms. The van der Waals surface area contributed by atoms with Crippen molar-refractivity contribution in [3.05, 3.63) is 35.6 Å². The lowest BCUT2D eigenvalue weighted by Gasteiger charge is -2.23. The highest BCUT2D eigenvalue weighted by Gasteiger charge is 2.32. The summed E-state index contributed by atoms with van der Waals surface area (Å²) in [7, 11) is 1.99. The summed E-state index contributed by atoms with van der Waals surface area (Å²) in [6.45, 7) is 4.48. The van der Waals surface area contributed by atoms with Crippen molar-refractivity contribution in [3.63, 3.8) is 0 Å². The van der Waals surface area contributed by atoms with Gasteiger partial charge in [-0.05, 0) is 36.6 Å². The van der Waals surface area contributed by atoms with Gasteiger partial charge in [0.25, 0.3) is 0 Å². The van der Waals surface area contributed by atoms with Crippen molar-refractivity contribution >= 4 is 0 Å². The van der Waals surface area contributed by atoms with Crippen LogP contribution in [-0.4, -0.2) is 66.5 Å². The maximum Gasteiger partial charge on any atom is 0.123 e. The van der Waals surface area contributed by atoms with Gasteiger partial charge in [-0.3, -0.25) is 4.90 Å². The predicted octanol–water partition coefficient (Wildman–Crippen LogP) is 0.790. The highest BCUT2D eigenvalue weighted by Crippen LogP contribution is 2.25. The molecule has 118 valence electrons. The highest BCUT2D eigenvalue weighted by molar-refractivity contribution is 5.16. The van der Waals surface area contributed by atoms with Crippen molar-refractivity contribution in [2.45, 2.75) is 6.54 Å². The molecule has 0 spiro atoms. The van der Waals surface area contributed by atoms with Crippen LogP contribution in [0.2, 0.25) is 0 Å². The smallest absolute Gasteiger partial charge is 0.123 e. The molecule has 1 aliphatic rings. The number of aliphatic hydroxyl groups is 2. The number of hydrogen-bond acceptors (Lipinski definition) is 4. The van der Waals surface area contributed by atoms with E-state index in [0.717, 1.165) is 31.7 Å². The average molecular weight is 296 g/mol. The third kappa shape index (κ3) is 4.74. The zero-order valence-corrected chi connectivity index (χ0v) is 12.6. The quantitative estimate of drug-likeness (QED) is 0.781. The van der Waals surface area contributed by atoms with E-state index in [1.165, 1.54) is 12.1 Å². The monoisotopic (exact) mass is 296 g/mol. The first-order valence-corrected chi connectivity index (χ1v) is 7.49. The lowest BCUT2D eigenvalue weighted by molar-refractivity contribution is 0.160. The van der Waals surface area contributed by atoms with E-state index in [4.69, 9.17) is 5.11 Å². The Morgan fingerprint density at radius 1 is 1.19 bits per heavy atom. The van der Waals surface area contributed by atoms with Gasteiger partial charge in [0.15, 0.2) is 0 Å². The normalized spacial score (nSPS) is 23.1. The topological polar surface area (TPSA) is 46.9 Å². The molecule has 5 heteroatoms. The Morgan fingerprint density at radius 3 is 2.48 bits per heavy atom. The highest BCUT2D eigenvalue weighted by atomic mass is 19.1. The van der Waals surface area contributed by atoms with E-state index in [0.29, 0.717) is 12.5 Å². The Balaban J connectivity index is 1.90. The second-order valence-electron chi connectivity index (χ2n) is 6.01. The number of hydrogen-bond donors (Lipinski definition) is 2. The van der Waals surface area contributed by atoms with Crippen LogP contribution in [0.4, 0.5) is 4.39 Å². The van der Waals surface area contributed by atoms with Gasteiger partial charge in [0.05, 0.1) is 6.61 Å². The first-order valence-electron chi connectivity index (χ1n) is 7.49. The van der Waals surface area contributed by atoms with Crippen molar-refractivity contribution in [3.8, 4) is 0 Å². The summed E-state index contributed by atoms with van der Waals surface area (Å²) in [5, 5.41) is 18.5. The number of likely N-dealkylation sites (N-methyl/N-ethyl adjacent to an activating group) is 1. The SMILES string of the molecule is CN(CCO)C[C@@H]1CN(Cc2ccc(F)cc2)C[C@@H]1CO. The van der Waals surface area contributed by atoms with Crippen molar-refractivity contribution in [1.82, 2.24) is 9.80 Å². The fourth-order valence-corrected chi connectivity index (χ4v) is 3.09. The first-order chi connectivity index (χ1) is 10.1. The van der Waals surface area contributed by atoms with E-state index in [9.17, 15) is 9.50 Å². The minimum atomic E-state index is -0.211. The van der Waals surface area contributed by atoms with Gasteiger partial charge in [0.2, 0.25) is 0 Å². The van der Waals surface area contributed by atoms with Crippen LogP contribution in [0.15, 0.2) is 24.3 Å². The molecule has 2 atom stereocenters. The zero-order chi connectivity index (χ0) is 15.2. The van der Waals surface area contributed by atoms with Crippen LogP contribution < -0.4 is 0 Å². The summed E-state index contributed by atoms with van der Waals surface area (Å²) in [6.07, 6.45) is 0. The van der Waals surface area contributed by atoms with Crippen LogP contribution in [0.3, 0.4) is 0 Å². The van der Waals surface area contributed by atoms with Crippen molar-refractivity contribution < 1.29 is 14.6 Å². The van der Waals surface area contributed by atoms with Crippen molar-refractivity contribution in [2.75, 3.05) is 46.4 Å². The summed E-state index contributed by atoms with van der Waals surface area (Å²) in [5.41, 5.74) is 1.09. The molecule has 2 N–H and O–H groups in total. The van der Waals surface area contributed by atoms with E-state index < -0.39 is 0 Å². The Morgan fingerprint density at radius 2 is 1.86 bits per heavy atom. The molecule has 1 heterocycles. The molecule has 1 fully saturated rings. The molecular weight excluding hydrogens is 271 g/mol. The third-order valence-electron chi connectivity index (χ3n) is 4.23. The number of halogens is 1. The molecule has 0 aromatic heterocycles. The molecule has 0 bridgehead atoms. The maximum absolute atomic E-state index is 12.9. The molecule has 0 amide bonds. The van der Waals surface area contributed by atoms with Crippen LogP contribution >= 0.6 is 0 Å². The number of aliphatic hydroxyl groups excluding tert-OH is 2. The molecular formula is C16H25FN2O2. The Hall–Kier alpha value is -1.01. The van der Waals surface area contributed by atoms with Crippen LogP contribution in [0.5, 0.6) is 0 Å². The summed E-state index contributed by atoms with van der Waals surface area (Å²) < 4.78 is 12.9. The lowest BCUT2D eigenvalue weighted by atomic mass is 9.96. The number of nitrogens with zero attached hydrogens (tertiary/aromatic N) is 2. The average Bonchev–Trinajstić information content (AvgIpc) is 2.83. The van der Waals surface area contributed by atoms with Crippen LogP contribution in [0.25, 0.3) is 0 Å². The largest absolute Gasteiger partial charge is 0.396 e. The lowest BCUT2D eigenvalue weighted by Crippen LogP contribution is -2.32. The predicted molar refractivity (Wildman–Crippen MR) is 80.3 cm³/mol. The minimum absolute atomic E-state index is 0.159. The molecule has 1 aromatic carbocycles. The number of benzene rings is 1. The molecule has 1 aliphatic heterocycles. The second-order valence-corrected chi connectivity index (χ2v) is 6.01. The van der Waals surface area contributed by atoms with Gasteiger partial charge in [0, 0.05) is 39.3 Å². The van der Waals surface area contributed by atoms with Crippen LogP contribution in [-0.2, 0) is 6.54 Å². The van der Waals surface area contributed by atoms with E-state index in [-0.39, 0.29) is 24.9 Å². The number of likely N-dealkylation sites (tertiary alicyclic amines) is 1. The molecule has 2 rings (SSSR count). The summed E-state index contributed by atoms with van der Waals surface area (Å²) in [5.74, 6) is 0.468. The van der Waals surface area contributed by atoms with Gasteiger partial charge in [-0.2, -0.15) is 0 Å². The Kier molecular flexibility index (Phi) is 6.11. The summed E-state index contributed by atoms with van der Waals surface area (Å²) in [4.78, 5) is 4.42. The fourth-order valence-electron chi connectivity index (χ4n) is 3.09. The van der Waals surface area contributed by atoms with Crippen LogP contribution in [0.1, 0.15) is 5.56 Å². The molecule has 0 unspecified atom stereocenters. The van der Waals surface area contributed by atoms with Crippen molar-refractivity contribution in [1.29, 1.82) is 0 Å². The Bertz CT molecular complexity index is 427. The molecule has 0 saturated carbocycles. The first kappa shape index (κ1) is 16.4. The zero-order valence-electron chi connectivity index (χ0n) is 12.6. The number of rotatable bonds is 7. The second kappa shape index (κ2) is 7.84. The molecule has 4 nitrogen and oxygen atoms in total. The fraction of sp³-hybridized carbons (Fsp3) is 0.625. The van der Waals surface area contributed by atoms with Gasteiger partial charge >= 0.3 is 0 Å².